The van der Waals surface area contributed by atoms with E-state index in [1.807, 2.05) is 59.3 Å². The smallest absolute Gasteiger partial charge is 0.328 e. The number of hydrogen-bond acceptors (Lipinski definition) is 2. The van der Waals surface area contributed by atoms with E-state index < -0.39 is 5.97 Å². The van der Waals surface area contributed by atoms with Crippen LogP contribution in [0.4, 0.5) is 0 Å². The maximum atomic E-state index is 10.5. The van der Waals surface area contributed by atoms with Crippen molar-refractivity contribution in [3.63, 3.8) is 0 Å². The van der Waals surface area contributed by atoms with Crippen molar-refractivity contribution in [1.82, 2.24) is 9.38 Å². The van der Waals surface area contributed by atoms with Crippen LogP contribution in [0.15, 0.2) is 60.9 Å². The number of aliphatic carboxylic acids is 1. The van der Waals surface area contributed by atoms with Gasteiger partial charge >= 0.3 is 5.97 Å². The summed E-state index contributed by atoms with van der Waals surface area (Å²) in [4.78, 5) is 15.1. The van der Waals surface area contributed by atoms with E-state index in [1.54, 1.807) is 6.08 Å². The van der Waals surface area contributed by atoms with Crippen molar-refractivity contribution < 1.29 is 9.90 Å². The van der Waals surface area contributed by atoms with Crippen LogP contribution in [0.5, 0.6) is 0 Å². The van der Waals surface area contributed by atoms with Gasteiger partial charge in [0.15, 0.2) is 0 Å². The summed E-state index contributed by atoms with van der Waals surface area (Å²) >= 11 is 0. The van der Waals surface area contributed by atoms with E-state index in [9.17, 15) is 4.79 Å². The molecule has 0 bridgehead atoms. The summed E-state index contributed by atoms with van der Waals surface area (Å²) in [7, 11) is 0. The van der Waals surface area contributed by atoms with Gasteiger partial charge in [-0.25, -0.2) is 9.78 Å². The summed E-state index contributed by atoms with van der Waals surface area (Å²) in [6.07, 6.45) is 6.47. The van der Waals surface area contributed by atoms with Gasteiger partial charge in [-0.05, 0) is 23.8 Å². The minimum absolute atomic E-state index is 0.817. The van der Waals surface area contributed by atoms with Gasteiger partial charge in [-0.2, -0.15) is 0 Å². The van der Waals surface area contributed by atoms with Crippen molar-refractivity contribution in [2.24, 2.45) is 0 Å². The lowest BCUT2D eigenvalue weighted by atomic mass is 10.2. The predicted octanol–water partition coefficient (Wildman–Crippen LogP) is 3.10. The van der Waals surface area contributed by atoms with Gasteiger partial charge in [-0.1, -0.05) is 30.3 Å². The lowest BCUT2D eigenvalue weighted by molar-refractivity contribution is -0.131. The van der Waals surface area contributed by atoms with E-state index in [0.717, 1.165) is 28.5 Å². The highest BCUT2D eigenvalue weighted by Crippen LogP contribution is 2.19. The van der Waals surface area contributed by atoms with Crippen LogP contribution in [-0.4, -0.2) is 20.5 Å². The van der Waals surface area contributed by atoms with Crippen molar-refractivity contribution in [2.45, 2.75) is 0 Å². The summed E-state index contributed by atoms with van der Waals surface area (Å²) in [5, 5.41) is 8.63. The first-order valence-electron chi connectivity index (χ1n) is 6.17. The summed E-state index contributed by atoms with van der Waals surface area (Å²) in [6, 6.07) is 13.6. The molecule has 0 saturated heterocycles. The predicted molar refractivity (Wildman–Crippen MR) is 77.3 cm³/mol. The van der Waals surface area contributed by atoms with Crippen molar-refractivity contribution in [2.75, 3.05) is 0 Å². The molecule has 0 amide bonds. The van der Waals surface area contributed by atoms with Crippen LogP contribution in [0.2, 0.25) is 0 Å². The fourth-order valence-corrected chi connectivity index (χ4v) is 2.02. The van der Waals surface area contributed by atoms with Gasteiger partial charge in [0.2, 0.25) is 0 Å². The van der Waals surface area contributed by atoms with Crippen LogP contribution in [0.3, 0.4) is 0 Å². The largest absolute Gasteiger partial charge is 0.478 e. The van der Waals surface area contributed by atoms with E-state index >= 15 is 0 Å². The topological polar surface area (TPSA) is 54.6 Å². The molecule has 4 nitrogen and oxygen atoms in total. The summed E-state index contributed by atoms with van der Waals surface area (Å²) in [5.74, 6) is -0.958. The molecule has 0 aliphatic rings. The number of carbonyl (C=O) groups is 1. The lowest BCUT2D eigenvalue weighted by Gasteiger charge is -1.95. The molecular weight excluding hydrogens is 252 g/mol. The second kappa shape index (κ2) is 5.01. The van der Waals surface area contributed by atoms with E-state index in [2.05, 4.69) is 4.98 Å². The highest BCUT2D eigenvalue weighted by molar-refractivity contribution is 5.85. The van der Waals surface area contributed by atoms with Gasteiger partial charge < -0.3 is 9.51 Å². The third-order valence-electron chi connectivity index (χ3n) is 2.96. The van der Waals surface area contributed by atoms with Crippen molar-refractivity contribution in [1.29, 1.82) is 0 Å². The third kappa shape index (κ3) is 2.44. The fraction of sp³-hybridized carbons (Fsp3) is 0. The van der Waals surface area contributed by atoms with Crippen molar-refractivity contribution in [3.05, 3.63) is 66.5 Å². The van der Waals surface area contributed by atoms with Crippen molar-refractivity contribution in [3.8, 4) is 11.3 Å². The number of benzene rings is 1. The Balaban J connectivity index is 2.02. The monoisotopic (exact) mass is 264 g/mol. The normalized spacial score (nSPS) is 11.2. The molecule has 0 spiro atoms. The molecule has 4 heteroatoms. The molecule has 2 aromatic heterocycles. The molecular formula is C16H12N2O2. The molecule has 1 N–H and O–H groups in total. The molecule has 0 fully saturated rings. The van der Waals surface area contributed by atoms with Crippen LogP contribution in [0.25, 0.3) is 23.0 Å². The number of rotatable bonds is 3. The average molecular weight is 264 g/mol. The molecule has 20 heavy (non-hydrogen) atoms. The third-order valence-corrected chi connectivity index (χ3v) is 2.96. The Labute approximate surface area is 115 Å². The Bertz CT molecular complexity index is 789. The first kappa shape index (κ1) is 12.2. The molecule has 3 rings (SSSR count). The van der Waals surface area contributed by atoms with Crippen LogP contribution in [-0.2, 0) is 4.79 Å². The molecule has 0 radical (unpaired) electrons. The van der Waals surface area contributed by atoms with Gasteiger partial charge in [-0.15, -0.1) is 0 Å². The summed E-state index contributed by atoms with van der Waals surface area (Å²) in [6.45, 7) is 0. The lowest BCUT2D eigenvalue weighted by Crippen LogP contribution is -1.87. The molecule has 0 unspecified atom stereocenters. The molecule has 1 aromatic carbocycles. The molecule has 0 saturated carbocycles. The maximum Gasteiger partial charge on any atom is 0.328 e. The Morgan fingerprint density at radius 2 is 1.90 bits per heavy atom. The Hall–Kier alpha value is -2.88. The average Bonchev–Trinajstić information content (AvgIpc) is 2.89. The van der Waals surface area contributed by atoms with Gasteiger partial charge in [0.25, 0.3) is 0 Å². The standard InChI is InChI=1S/C16H12N2O2/c19-16(20)9-7-12-6-8-15-17-14(11-18(15)10-12)13-4-2-1-3-5-13/h1-11H,(H,19,20)/b9-7+. The Kier molecular flexibility index (Phi) is 3.05. The van der Waals surface area contributed by atoms with Gasteiger partial charge in [0, 0.05) is 24.0 Å². The van der Waals surface area contributed by atoms with Crippen LogP contribution < -0.4 is 0 Å². The number of imidazole rings is 1. The number of hydrogen-bond donors (Lipinski definition) is 1. The number of nitrogens with zero attached hydrogens (tertiary/aromatic N) is 2. The number of pyridine rings is 1. The zero-order valence-corrected chi connectivity index (χ0v) is 10.6. The highest BCUT2D eigenvalue weighted by atomic mass is 16.4. The highest BCUT2D eigenvalue weighted by Gasteiger charge is 2.03. The van der Waals surface area contributed by atoms with E-state index in [4.69, 9.17) is 5.11 Å². The first-order valence-corrected chi connectivity index (χ1v) is 6.17. The van der Waals surface area contributed by atoms with Crippen LogP contribution >= 0.6 is 0 Å². The Morgan fingerprint density at radius 1 is 1.10 bits per heavy atom. The van der Waals surface area contributed by atoms with E-state index in [1.165, 1.54) is 0 Å². The molecule has 0 aliphatic carbocycles. The summed E-state index contributed by atoms with van der Waals surface area (Å²) in [5.41, 5.74) is 3.59. The SMILES string of the molecule is O=C(O)/C=C/c1ccc2nc(-c3ccccc3)cn2c1. The molecule has 2 heterocycles. The number of fused-ring (bicyclic) bond motifs is 1. The van der Waals surface area contributed by atoms with Crippen molar-refractivity contribution >= 4 is 17.7 Å². The van der Waals surface area contributed by atoms with Crippen LogP contribution in [0.1, 0.15) is 5.56 Å². The minimum atomic E-state index is -0.958. The maximum absolute atomic E-state index is 10.5. The zero-order valence-electron chi connectivity index (χ0n) is 10.6. The molecule has 0 aliphatic heterocycles. The second-order valence-corrected chi connectivity index (χ2v) is 4.39. The second-order valence-electron chi connectivity index (χ2n) is 4.39. The quantitative estimate of drug-likeness (QED) is 0.739. The van der Waals surface area contributed by atoms with Gasteiger partial charge in [-0.3, -0.25) is 0 Å². The number of carboxylic acid groups (broad SMARTS) is 1. The number of aromatic nitrogens is 2. The minimum Gasteiger partial charge on any atom is -0.478 e. The van der Waals surface area contributed by atoms with E-state index in [0.29, 0.717) is 0 Å². The molecule has 98 valence electrons. The van der Waals surface area contributed by atoms with E-state index in [-0.39, 0.29) is 0 Å². The Morgan fingerprint density at radius 3 is 2.65 bits per heavy atom. The van der Waals surface area contributed by atoms with Gasteiger partial charge in [0.1, 0.15) is 5.65 Å². The molecule has 3 aromatic rings. The molecule has 0 atom stereocenters. The number of carboxylic acids is 1. The first-order chi connectivity index (χ1) is 9.72. The fourth-order valence-electron chi connectivity index (χ4n) is 2.02. The summed E-state index contributed by atoms with van der Waals surface area (Å²) < 4.78 is 1.89. The van der Waals surface area contributed by atoms with Gasteiger partial charge in [0.05, 0.1) is 5.69 Å². The van der Waals surface area contributed by atoms with Crippen LogP contribution in [0, 0.1) is 0 Å². The zero-order chi connectivity index (χ0) is 13.9.